The number of pyridine rings is 1. The van der Waals surface area contributed by atoms with E-state index < -0.39 is 0 Å². The standard InChI is InChI=1S/C23H32N6O2/c1-27-18-8-9-20-19(14-18)22(26-28(20)2)23(31)25-11-5-13-29(12-4-7-21(27)30)16-17-6-3-10-24-15-17/h3,6,10,15,18H,4-5,7-9,11-14,16H2,1-2H3,(H,25,31). The molecule has 31 heavy (non-hydrogen) atoms. The normalized spacial score (nSPS) is 21.4. The summed E-state index contributed by atoms with van der Waals surface area (Å²) in [5, 5.41) is 7.57. The zero-order chi connectivity index (χ0) is 21.8. The van der Waals surface area contributed by atoms with Crippen LogP contribution >= 0.6 is 0 Å². The van der Waals surface area contributed by atoms with Crippen LogP contribution in [0.15, 0.2) is 24.5 Å². The highest BCUT2D eigenvalue weighted by molar-refractivity contribution is 5.94. The number of aromatic nitrogens is 3. The van der Waals surface area contributed by atoms with Crippen LogP contribution in [0.5, 0.6) is 0 Å². The number of aryl methyl sites for hydroxylation is 1. The summed E-state index contributed by atoms with van der Waals surface area (Å²) in [4.78, 5) is 34.2. The van der Waals surface area contributed by atoms with E-state index in [2.05, 4.69) is 26.4 Å². The Bertz CT molecular complexity index is 926. The monoisotopic (exact) mass is 424 g/mol. The van der Waals surface area contributed by atoms with Gasteiger partial charge >= 0.3 is 0 Å². The lowest BCUT2D eigenvalue weighted by Crippen LogP contribution is -2.41. The zero-order valence-electron chi connectivity index (χ0n) is 18.5. The Morgan fingerprint density at radius 1 is 1.16 bits per heavy atom. The summed E-state index contributed by atoms with van der Waals surface area (Å²) < 4.78 is 1.83. The molecule has 8 heteroatoms. The molecule has 0 fully saturated rings. The molecule has 1 aliphatic heterocycles. The molecule has 2 aliphatic rings. The predicted molar refractivity (Wildman–Crippen MR) is 117 cm³/mol. The van der Waals surface area contributed by atoms with Gasteiger partial charge in [0.2, 0.25) is 5.91 Å². The Hall–Kier alpha value is -2.74. The molecule has 0 saturated heterocycles. The number of likely N-dealkylation sites (N-methyl/N-ethyl adjacent to an activating group) is 1. The molecule has 1 unspecified atom stereocenters. The summed E-state index contributed by atoms with van der Waals surface area (Å²) in [6, 6.07) is 4.14. The molecule has 1 N–H and O–H groups in total. The molecule has 2 aromatic rings. The van der Waals surface area contributed by atoms with Gasteiger partial charge in [-0.2, -0.15) is 5.10 Å². The molecule has 166 valence electrons. The molecular weight excluding hydrogens is 392 g/mol. The number of amides is 2. The van der Waals surface area contributed by atoms with Crippen molar-refractivity contribution in [2.75, 3.05) is 26.7 Å². The minimum Gasteiger partial charge on any atom is -0.351 e. The lowest BCUT2D eigenvalue weighted by Gasteiger charge is -2.32. The van der Waals surface area contributed by atoms with Gasteiger partial charge in [-0.1, -0.05) is 6.07 Å². The van der Waals surface area contributed by atoms with E-state index in [0.29, 0.717) is 25.1 Å². The van der Waals surface area contributed by atoms with Gasteiger partial charge in [0, 0.05) is 69.8 Å². The van der Waals surface area contributed by atoms with Crippen LogP contribution in [0.4, 0.5) is 0 Å². The fraction of sp³-hybridized carbons (Fsp3) is 0.565. The zero-order valence-corrected chi connectivity index (χ0v) is 18.5. The fourth-order valence-electron chi connectivity index (χ4n) is 4.73. The smallest absolute Gasteiger partial charge is 0.272 e. The number of rotatable bonds is 2. The van der Waals surface area contributed by atoms with Crippen LogP contribution in [0.1, 0.15) is 53.0 Å². The van der Waals surface area contributed by atoms with Crippen LogP contribution in [-0.4, -0.2) is 69.1 Å². The highest BCUT2D eigenvalue weighted by atomic mass is 16.2. The summed E-state index contributed by atoms with van der Waals surface area (Å²) >= 11 is 0. The number of hydrogen-bond acceptors (Lipinski definition) is 5. The number of nitrogens with zero attached hydrogens (tertiary/aromatic N) is 5. The molecule has 1 atom stereocenters. The number of carbonyl (C=O) groups excluding carboxylic acids is 2. The van der Waals surface area contributed by atoms with Crippen LogP contribution in [-0.2, 0) is 31.2 Å². The van der Waals surface area contributed by atoms with E-state index in [1.54, 1.807) is 6.20 Å². The molecule has 8 nitrogen and oxygen atoms in total. The van der Waals surface area contributed by atoms with Crippen LogP contribution in [0.2, 0.25) is 0 Å². The average molecular weight is 425 g/mol. The maximum atomic E-state index is 12.9. The van der Waals surface area contributed by atoms with Crippen LogP contribution in [0.25, 0.3) is 0 Å². The minimum atomic E-state index is -0.111. The van der Waals surface area contributed by atoms with Crippen molar-refractivity contribution in [2.45, 2.75) is 51.1 Å². The quantitative estimate of drug-likeness (QED) is 0.791. The third kappa shape index (κ3) is 4.95. The molecule has 2 bridgehead atoms. The Kier molecular flexibility index (Phi) is 6.65. The summed E-state index contributed by atoms with van der Waals surface area (Å²) in [6.07, 6.45) is 8.32. The summed E-state index contributed by atoms with van der Waals surface area (Å²) in [6.45, 7) is 3.10. The third-order valence-corrected chi connectivity index (χ3v) is 6.52. The van der Waals surface area contributed by atoms with Crippen molar-refractivity contribution in [1.29, 1.82) is 0 Å². The van der Waals surface area contributed by atoms with E-state index in [1.165, 1.54) is 0 Å². The van der Waals surface area contributed by atoms with Crippen molar-refractivity contribution in [3.8, 4) is 0 Å². The maximum absolute atomic E-state index is 12.9. The van der Waals surface area contributed by atoms with Crippen molar-refractivity contribution >= 4 is 11.8 Å². The van der Waals surface area contributed by atoms with Gasteiger partial charge < -0.3 is 10.2 Å². The van der Waals surface area contributed by atoms with E-state index in [1.807, 2.05) is 35.9 Å². The van der Waals surface area contributed by atoms with Gasteiger partial charge in [0.1, 0.15) is 0 Å². The topological polar surface area (TPSA) is 83.4 Å². The molecule has 3 heterocycles. The summed E-state index contributed by atoms with van der Waals surface area (Å²) in [7, 11) is 3.80. The second-order valence-electron chi connectivity index (χ2n) is 8.65. The van der Waals surface area contributed by atoms with Gasteiger partial charge in [0.25, 0.3) is 5.91 Å². The Labute approximate surface area is 183 Å². The fourth-order valence-corrected chi connectivity index (χ4v) is 4.73. The van der Waals surface area contributed by atoms with E-state index >= 15 is 0 Å². The van der Waals surface area contributed by atoms with Crippen molar-refractivity contribution in [3.63, 3.8) is 0 Å². The largest absolute Gasteiger partial charge is 0.351 e. The van der Waals surface area contributed by atoms with Crippen molar-refractivity contribution in [2.24, 2.45) is 7.05 Å². The van der Waals surface area contributed by atoms with Crippen LogP contribution in [0, 0.1) is 0 Å². The molecule has 2 aromatic heterocycles. The highest BCUT2D eigenvalue weighted by Gasteiger charge is 2.31. The number of fused-ring (bicyclic) bond motifs is 1. The first-order valence-corrected chi connectivity index (χ1v) is 11.2. The van der Waals surface area contributed by atoms with Gasteiger partial charge in [-0.15, -0.1) is 0 Å². The summed E-state index contributed by atoms with van der Waals surface area (Å²) in [5.74, 6) is 0.0692. The van der Waals surface area contributed by atoms with E-state index in [-0.39, 0.29) is 17.9 Å². The SMILES string of the molecule is CN1C(=O)CCCN(Cc2cccnc2)CCCNC(=O)c2nn(C)c3c2CC1CC3. The number of carbonyl (C=O) groups is 2. The molecule has 0 aromatic carbocycles. The lowest BCUT2D eigenvalue weighted by atomic mass is 9.90. The predicted octanol–water partition coefficient (Wildman–Crippen LogP) is 1.55. The Morgan fingerprint density at radius 3 is 2.81 bits per heavy atom. The van der Waals surface area contributed by atoms with Crippen molar-refractivity contribution in [1.82, 2.24) is 29.9 Å². The van der Waals surface area contributed by atoms with Gasteiger partial charge in [0.15, 0.2) is 5.69 Å². The summed E-state index contributed by atoms with van der Waals surface area (Å²) in [5.41, 5.74) is 3.80. The second kappa shape index (κ2) is 9.60. The third-order valence-electron chi connectivity index (χ3n) is 6.52. The van der Waals surface area contributed by atoms with Crippen LogP contribution in [0.3, 0.4) is 0 Å². The van der Waals surface area contributed by atoms with E-state index in [4.69, 9.17) is 0 Å². The Balaban J connectivity index is 1.51. The Morgan fingerprint density at radius 2 is 2.00 bits per heavy atom. The van der Waals surface area contributed by atoms with E-state index in [9.17, 15) is 9.59 Å². The molecule has 4 rings (SSSR count). The first-order chi connectivity index (χ1) is 15.0. The van der Waals surface area contributed by atoms with Gasteiger partial charge in [-0.25, -0.2) is 0 Å². The van der Waals surface area contributed by atoms with Crippen LogP contribution < -0.4 is 5.32 Å². The van der Waals surface area contributed by atoms with Crippen molar-refractivity contribution < 1.29 is 9.59 Å². The number of nitrogens with one attached hydrogen (secondary N) is 1. The molecule has 0 saturated carbocycles. The first-order valence-electron chi connectivity index (χ1n) is 11.2. The lowest BCUT2D eigenvalue weighted by molar-refractivity contribution is -0.132. The molecule has 0 radical (unpaired) electrons. The van der Waals surface area contributed by atoms with Gasteiger partial charge in [0.05, 0.1) is 0 Å². The molecule has 2 amide bonds. The first kappa shape index (κ1) is 21.5. The maximum Gasteiger partial charge on any atom is 0.272 e. The van der Waals surface area contributed by atoms with Gasteiger partial charge in [-0.05, 0) is 50.3 Å². The average Bonchev–Trinajstić information content (AvgIpc) is 3.11. The van der Waals surface area contributed by atoms with Crippen molar-refractivity contribution in [3.05, 3.63) is 47.0 Å². The highest BCUT2D eigenvalue weighted by Crippen LogP contribution is 2.27. The molecule has 0 spiro atoms. The van der Waals surface area contributed by atoms with E-state index in [0.717, 1.165) is 62.1 Å². The molecule has 1 aliphatic carbocycles. The molecular formula is C23H32N6O2. The number of hydrogen-bond donors (Lipinski definition) is 1. The minimum absolute atomic E-state index is 0.111. The van der Waals surface area contributed by atoms with Gasteiger partial charge in [-0.3, -0.25) is 24.2 Å². The second-order valence-corrected chi connectivity index (χ2v) is 8.65.